The molecule has 0 N–H and O–H groups in total. The van der Waals surface area contributed by atoms with Gasteiger partial charge in [0.1, 0.15) is 5.75 Å². The fourth-order valence-corrected chi connectivity index (χ4v) is 4.92. The number of benzene rings is 4. The van der Waals surface area contributed by atoms with Crippen LogP contribution in [0.15, 0.2) is 83.8 Å². The fraction of sp³-hybridized carbons (Fsp3) is 0.192. The zero-order valence-corrected chi connectivity index (χ0v) is 19.7. The summed E-state index contributed by atoms with van der Waals surface area (Å²) in [6, 6.07) is 24.4. The highest BCUT2D eigenvalue weighted by molar-refractivity contribution is 7.89. The third-order valence-electron chi connectivity index (χ3n) is 5.74. The minimum atomic E-state index is -3.79. The first-order valence-electron chi connectivity index (χ1n) is 10.5. The van der Waals surface area contributed by atoms with Gasteiger partial charge in [0, 0.05) is 20.6 Å². The van der Waals surface area contributed by atoms with Crippen LogP contribution in [0.5, 0.6) is 5.75 Å². The first-order valence-corrected chi connectivity index (χ1v) is 12.0. The maximum atomic E-state index is 13.0. The summed E-state index contributed by atoms with van der Waals surface area (Å²) in [6.07, 6.45) is 0. The van der Waals surface area contributed by atoms with Crippen molar-refractivity contribution in [3.63, 3.8) is 0 Å². The van der Waals surface area contributed by atoms with Gasteiger partial charge in [0.15, 0.2) is 0 Å². The molecule has 0 fully saturated rings. The lowest BCUT2D eigenvalue weighted by atomic mass is 10.1. The van der Waals surface area contributed by atoms with Gasteiger partial charge in [-0.25, -0.2) is 8.42 Å². The molecule has 4 aromatic carbocycles. The standard InChI is InChI=1S/C26H26N2O4S/c1-27(17-19-8-9-23-15-24(32-3)12-10-22(23)14-19)26(29)18-28(2)33(30,31)25-13-11-20-6-4-5-7-21(20)16-25/h4-16H,17-18H2,1-3H3. The highest BCUT2D eigenvalue weighted by atomic mass is 32.2. The van der Waals surface area contributed by atoms with E-state index in [0.29, 0.717) is 6.54 Å². The van der Waals surface area contributed by atoms with Crippen molar-refractivity contribution in [2.75, 3.05) is 27.7 Å². The van der Waals surface area contributed by atoms with Crippen molar-refractivity contribution in [3.05, 3.63) is 84.4 Å². The minimum Gasteiger partial charge on any atom is -0.497 e. The average molecular weight is 463 g/mol. The van der Waals surface area contributed by atoms with E-state index in [1.165, 1.54) is 11.9 Å². The van der Waals surface area contributed by atoms with Gasteiger partial charge in [-0.15, -0.1) is 0 Å². The summed E-state index contributed by atoms with van der Waals surface area (Å²) >= 11 is 0. The highest BCUT2D eigenvalue weighted by Crippen LogP contribution is 2.23. The average Bonchev–Trinajstić information content (AvgIpc) is 2.83. The Hall–Kier alpha value is -3.42. The van der Waals surface area contributed by atoms with Crippen LogP contribution in [0.25, 0.3) is 21.5 Å². The maximum absolute atomic E-state index is 13.0. The number of nitrogens with zero attached hydrogens (tertiary/aromatic N) is 2. The Bertz CT molecular complexity index is 1430. The number of hydrogen-bond acceptors (Lipinski definition) is 4. The van der Waals surface area contributed by atoms with Crippen LogP contribution in [0.1, 0.15) is 5.56 Å². The largest absolute Gasteiger partial charge is 0.497 e. The number of ether oxygens (including phenoxy) is 1. The summed E-state index contributed by atoms with van der Waals surface area (Å²) in [7, 11) is 0.947. The van der Waals surface area contributed by atoms with E-state index in [1.54, 1.807) is 32.4 Å². The lowest BCUT2D eigenvalue weighted by molar-refractivity contribution is -0.130. The highest BCUT2D eigenvalue weighted by Gasteiger charge is 2.24. The van der Waals surface area contributed by atoms with Gasteiger partial charge in [0.2, 0.25) is 15.9 Å². The number of amides is 1. The zero-order chi connectivity index (χ0) is 23.6. The Morgan fingerprint density at radius 2 is 1.45 bits per heavy atom. The molecule has 0 unspecified atom stereocenters. The second kappa shape index (κ2) is 9.21. The Morgan fingerprint density at radius 3 is 2.21 bits per heavy atom. The predicted octanol–water partition coefficient (Wildman–Crippen LogP) is 4.28. The molecule has 4 aromatic rings. The molecule has 0 aromatic heterocycles. The van der Waals surface area contributed by atoms with Crippen molar-refractivity contribution in [2.45, 2.75) is 11.4 Å². The number of methoxy groups -OCH3 is 1. The van der Waals surface area contributed by atoms with E-state index in [1.807, 2.05) is 60.7 Å². The molecule has 0 atom stereocenters. The van der Waals surface area contributed by atoms with Gasteiger partial charge in [-0.05, 0) is 57.4 Å². The number of likely N-dealkylation sites (N-methyl/N-ethyl adjacent to an activating group) is 2. The SMILES string of the molecule is COc1ccc2cc(CN(C)C(=O)CN(C)S(=O)(=O)c3ccc4ccccc4c3)ccc2c1. The van der Waals surface area contributed by atoms with Crippen LogP contribution >= 0.6 is 0 Å². The van der Waals surface area contributed by atoms with Crippen molar-refractivity contribution in [1.82, 2.24) is 9.21 Å². The van der Waals surface area contributed by atoms with Crippen molar-refractivity contribution >= 4 is 37.5 Å². The summed E-state index contributed by atoms with van der Waals surface area (Å²) in [4.78, 5) is 14.5. The van der Waals surface area contributed by atoms with Crippen molar-refractivity contribution in [1.29, 1.82) is 0 Å². The molecule has 4 rings (SSSR count). The Balaban J connectivity index is 1.45. The van der Waals surface area contributed by atoms with Crippen LogP contribution in [-0.2, 0) is 21.4 Å². The summed E-state index contributed by atoms with van der Waals surface area (Å²) in [5.74, 6) is 0.509. The molecule has 0 aliphatic rings. The molecule has 0 radical (unpaired) electrons. The first-order chi connectivity index (χ1) is 15.8. The molecule has 0 bridgehead atoms. The quantitative estimate of drug-likeness (QED) is 0.411. The normalized spacial score (nSPS) is 11.8. The molecule has 7 heteroatoms. The second-order valence-corrected chi connectivity index (χ2v) is 10.1. The van der Waals surface area contributed by atoms with Crippen molar-refractivity contribution < 1.29 is 17.9 Å². The van der Waals surface area contributed by atoms with E-state index in [2.05, 4.69) is 0 Å². The molecule has 0 saturated heterocycles. The van der Waals surface area contributed by atoms with Gasteiger partial charge in [-0.2, -0.15) is 4.31 Å². The third kappa shape index (κ3) is 4.84. The smallest absolute Gasteiger partial charge is 0.243 e. The van der Waals surface area contributed by atoms with Crippen LogP contribution in [0.3, 0.4) is 0 Å². The van der Waals surface area contributed by atoms with Crippen LogP contribution in [-0.4, -0.2) is 51.3 Å². The van der Waals surface area contributed by atoms with E-state index in [-0.39, 0.29) is 17.3 Å². The molecular formula is C26H26N2O4S. The van der Waals surface area contributed by atoms with Crippen LogP contribution < -0.4 is 4.74 Å². The number of carbonyl (C=O) groups excluding carboxylic acids is 1. The number of hydrogen-bond donors (Lipinski definition) is 0. The van der Waals surface area contributed by atoms with Gasteiger partial charge in [0.25, 0.3) is 0 Å². The van der Waals surface area contributed by atoms with Gasteiger partial charge >= 0.3 is 0 Å². The molecule has 0 aliphatic heterocycles. The summed E-state index contributed by atoms with van der Waals surface area (Å²) in [6.45, 7) is 0.140. The van der Waals surface area contributed by atoms with Crippen molar-refractivity contribution in [3.8, 4) is 5.75 Å². The molecule has 0 spiro atoms. The van der Waals surface area contributed by atoms with E-state index >= 15 is 0 Å². The molecule has 1 amide bonds. The van der Waals surface area contributed by atoms with Crippen LogP contribution in [0.4, 0.5) is 0 Å². The van der Waals surface area contributed by atoms with E-state index in [9.17, 15) is 13.2 Å². The van der Waals surface area contributed by atoms with Crippen molar-refractivity contribution in [2.24, 2.45) is 0 Å². The first kappa shape index (κ1) is 22.8. The minimum absolute atomic E-state index is 0.170. The second-order valence-electron chi connectivity index (χ2n) is 8.07. The lowest BCUT2D eigenvalue weighted by Gasteiger charge is -2.22. The van der Waals surface area contributed by atoms with E-state index in [4.69, 9.17) is 4.74 Å². The zero-order valence-electron chi connectivity index (χ0n) is 18.9. The molecule has 0 heterocycles. The number of rotatable bonds is 7. The van der Waals surface area contributed by atoms with Crippen LogP contribution in [0.2, 0.25) is 0 Å². The summed E-state index contributed by atoms with van der Waals surface area (Å²) in [5.41, 5.74) is 0.962. The molecular weight excluding hydrogens is 436 g/mol. The third-order valence-corrected chi connectivity index (χ3v) is 7.54. The lowest BCUT2D eigenvalue weighted by Crippen LogP contribution is -2.39. The Morgan fingerprint density at radius 1 is 0.818 bits per heavy atom. The summed E-state index contributed by atoms with van der Waals surface area (Å²) in [5, 5.41) is 3.89. The maximum Gasteiger partial charge on any atom is 0.243 e. The van der Waals surface area contributed by atoms with Gasteiger partial charge < -0.3 is 9.64 Å². The molecule has 0 saturated carbocycles. The van der Waals surface area contributed by atoms with Gasteiger partial charge in [-0.3, -0.25) is 4.79 Å². The van der Waals surface area contributed by atoms with E-state index < -0.39 is 10.0 Å². The number of sulfonamides is 1. The number of carbonyl (C=O) groups is 1. The van der Waals surface area contributed by atoms with Gasteiger partial charge in [0.05, 0.1) is 18.6 Å². The number of fused-ring (bicyclic) bond motifs is 2. The van der Waals surface area contributed by atoms with Crippen LogP contribution in [0, 0.1) is 0 Å². The molecule has 6 nitrogen and oxygen atoms in total. The summed E-state index contributed by atoms with van der Waals surface area (Å²) < 4.78 is 32.4. The Kier molecular flexibility index (Phi) is 6.35. The Labute approximate surface area is 194 Å². The fourth-order valence-electron chi connectivity index (χ4n) is 3.76. The van der Waals surface area contributed by atoms with E-state index in [0.717, 1.165) is 37.2 Å². The topological polar surface area (TPSA) is 66.9 Å². The molecule has 170 valence electrons. The van der Waals surface area contributed by atoms with Gasteiger partial charge in [-0.1, -0.05) is 48.5 Å². The predicted molar refractivity (Wildman–Crippen MR) is 131 cm³/mol. The monoisotopic (exact) mass is 462 g/mol. The molecule has 33 heavy (non-hydrogen) atoms. The molecule has 0 aliphatic carbocycles.